The molecule has 37 heavy (non-hydrogen) atoms. The number of aryl methyl sites for hydroxylation is 1. The molecule has 0 spiro atoms. The van der Waals surface area contributed by atoms with Crippen molar-refractivity contribution in [2.45, 2.75) is 6.18 Å². The number of carbonyl (C=O) groups is 2. The number of rotatable bonds is 6. The predicted molar refractivity (Wildman–Crippen MR) is 132 cm³/mol. The second-order valence-electron chi connectivity index (χ2n) is 7.46. The fourth-order valence-electron chi connectivity index (χ4n) is 3.19. The van der Waals surface area contributed by atoms with Crippen molar-refractivity contribution in [3.63, 3.8) is 0 Å². The first kappa shape index (κ1) is 27.4. The van der Waals surface area contributed by atoms with E-state index in [1.807, 2.05) is 30.3 Å². The maximum Gasteiger partial charge on any atom is 0.490 e. The van der Waals surface area contributed by atoms with Crippen LogP contribution >= 0.6 is 11.6 Å². The van der Waals surface area contributed by atoms with Crippen LogP contribution in [-0.2, 0) is 11.8 Å². The average molecular weight is 536 g/mol. The Labute approximate surface area is 213 Å². The number of halogens is 4. The maximum absolute atomic E-state index is 12.8. The summed E-state index contributed by atoms with van der Waals surface area (Å²) in [5.41, 5.74) is 8.64. The molecular formula is C24H21ClF3N5O4. The Hall–Kier alpha value is -4.16. The number of carboxylic acids is 1. The Morgan fingerprint density at radius 1 is 1.16 bits per heavy atom. The van der Waals surface area contributed by atoms with Crippen molar-refractivity contribution in [1.82, 2.24) is 14.8 Å². The summed E-state index contributed by atoms with van der Waals surface area (Å²) in [5, 5.41) is 15.7. The number of hydrogen-bond donors (Lipinski definition) is 3. The van der Waals surface area contributed by atoms with Crippen LogP contribution in [0.4, 0.5) is 18.9 Å². The SMILES string of the molecule is Cn1ncc(Cl)c1-c1cc(NC(=O)c2ccc3ccccc3n2)ccc1OCCN.O=C(O)C(F)(F)F. The van der Waals surface area contributed by atoms with Gasteiger partial charge in [0.2, 0.25) is 0 Å². The molecule has 1 amide bonds. The first-order chi connectivity index (χ1) is 17.5. The van der Waals surface area contributed by atoms with Crippen LogP contribution in [0.3, 0.4) is 0 Å². The van der Waals surface area contributed by atoms with Gasteiger partial charge in [0.1, 0.15) is 18.1 Å². The zero-order chi connectivity index (χ0) is 27.2. The number of nitrogens with one attached hydrogen (secondary N) is 1. The number of ether oxygens (including phenoxy) is 1. The number of pyridine rings is 1. The fraction of sp³-hybridized carbons (Fsp3) is 0.167. The molecule has 194 valence electrons. The average Bonchev–Trinajstić information content (AvgIpc) is 3.20. The number of aromatic nitrogens is 3. The fourth-order valence-corrected chi connectivity index (χ4v) is 3.46. The highest BCUT2D eigenvalue weighted by atomic mass is 35.5. The van der Waals surface area contributed by atoms with Crippen molar-refractivity contribution in [3.8, 4) is 17.0 Å². The molecule has 0 aliphatic carbocycles. The molecule has 4 aromatic rings. The summed E-state index contributed by atoms with van der Waals surface area (Å²) in [7, 11) is 1.79. The Morgan fingerprint density at radius 2 is 1.86 bits per heavy atom. The number of fused-ring (bicyclic) bond motifs is 1. The van der Waals surface area contributed by atoms with E-state index in [1.165, 1.54) is 0 Å². The van der Waals surface area contributed by atoms with Gasteiger partial charge in [0.15, 0.2) is 0 Å². The van der Waals surface area contributed by atoms with Crippen molar-refractivity contribution in [2.75, 3.05) is 18.5 Å². The molecular weight excluding hydrogens is 515 g/mol. The van der Waals surface area contributed by atoms with Crippen LogP contribution in [0.5, 0.6) is 5.75 Å². The van der Waals surface area contributed by atoms with Crippen molar-refractivity contribution in [1.29, 1.82) is 0 Å². The van der Waals surface area contributed by atoms with Crippen molar-refractivity contribution < 1.29 is 32.6 Å². The minimum Gasteiger partial charge on any atom is -0.492 e. The summed E-state index contributed by atoms with van der Waals surface area (Å²) in [6.07, 6.45) is -3.52. The molecule has 0 saturated heterocycles. The van der Waals surface area contributed by atoms with E-state index in [0.29, 0.717) is 46.6 Å². The molecule has 4 rings (SSSR count). The van der Waals surface area contributed by atoms with Crippen LogP contribution < -0.4 is 15.8 Å². The molecule has 0 aliphatic rings. The minimum absolute atomic E-state index is 0.307. The first-order valence-corrected chi connectivity index (χ1v) is 11.0. The molecule has 0 aliphatic heterocycles. The molecule has 0 fully saturated rings. The van der Waals surface area contributed by atoms with E-state index >= 15 is 0 Å². The summed E-state index contributed by atoms with van der Waals surface area (Å²) in [4.78, 5) is 26.1. The monoisotopic (exact) mass is 535 g/mol. The molecule has 9 nitrogen and oxygen atoms in total. The summed E-state index contributed by atoms with van der Waals surface area (Å²) < 4.78 is 39.2. The molecule has 2 aromatic carbocycles. The number of nitrogens with zero attached hydrogens (tertiary/aromatic N) is 3. The van der Waals surface area contributed by atoms with Gasteiger partial charge in [-0.2, -0.15) is 18.3 Å². The van der Waals surface area contributed by atoms with Crippen LogP contribution in [0.1, 0.15) is 10.5 Å². The number of aliphatic carboxylic acids is 1. The van der Waals surface area contributed by atoms with E-state index in [0.717, 1.165) is 10.9 Å². The number of nitrogens with two attached hydrogens (primary N) is 1. The van der Waals surface area contributed by atoms with Gasteiger partial charge in [0.05, 0.1) is 22.4 Å². The van der Waals surface area contributed by atoms with Crippen LogP contribution in [0.2, 0.25) is 5.02 Å². The van der Waals surface area contributed by atoms with E-state index in [9.17, 15) is 18.0 Å². The molecule has 0 unspecified atom stereocenters. The number of benzene rings is 2. The van der Waals surface area contributed by atoms with Gasteiger partial charge in [0.25, 0.3) is 5.91 Å². The second-order valence-corrected chi connectivity index (χ2v) is 7.87. The van der Waals surface area contributed by atoms with Gasteiger partial charge in [-0.15, -0.1) is 0 Å². The summed E-state index contributed by atoms with van der Waals surface area (Å²) in [5.74, 6) is -2.46. The van der Waals surface area contributed by atoms with Gasteiger partial charge < -0.3 is 20.9 Å². The summed E-state index contributed by atoms with van der Waals surface area (Å²) >= 11 is 6.33. The highest BCUT2D eigenvalue weighted by Crippen LogP contribution is 2.36. The molecule has 0 saturated carbocycles. The zero-order valence-corrected chi connectivity index (χ0v) is 20.0. The lowest BCUT2D eigenvalue weighted by Crippen LogP contribution is -2.21. The highest BCUT2D eigenvalue weighted by molar-refractivity contribution is 6.33. The van der Waals surface area contributed by atoms with Gasteiger partial charge >= 0.3 is 12.1 Å². The van der Waals surface area contributed by atoms with Gasteiger partial charge in [-0.25, -0.2) is 9.78 Å². The third kappa shape index (κ3) is 6.96. The highest BCUT2D eigenvalue weighted by Gasteiger charge is 2.38. The van der Waals surface area contributed by atoms with Crippen molar-refractivity contribution in [3.05, 3.63) is 71.5 Å². The molecule has 4 N–H and O–H groups in total. The molecule has 0 atom stereocenters. The first-order valence-electron chi connectivity index (χ1n) is 10.6. The molecule has 2 aromatic heterocycles. The maximum atomic E-state index is 12.8. The lowest BCUT2D eigenvalue weighted by molar-refractivity contribution is -0.192. The second kappa shape index (κ2) is 11.7. The number of para-hydroxylation sites is 1. The Kier molecular flexibility index (Phi) is 8.69. The number of alkyl halides is 3. The molecule has 0 bridgehead atoms. The van der Waals surface area contributed by atoms with E-state index in [4.69, 9.17) is 32.0 Å². The Morgan fingerprint density at radius 3 is 2.49 bits per heavy atom. The molecule has 0 radical (unpaired) electrons. The predicted octanol–water partition coefficient (Wildman–Crippen LogP) is 4.51. The van der Waals surface area contributed by atoms with Gasteiger partial charge in [-0.1, -0.05) is 35.9 Å². The quantitative estimate of drug-likeness (QED) is 0.331. The van der Waals surface area contributed by atoms with Crippen LogP contribution in [-0.4, -0.2) is 51.1 Å². The van der Waals surface area contributed by atoms with E-state index in [1.54, 1.807) is 42.2 Å². The molecule has 13 heteroatoms. The lowest BCUT2D eigenvalue weighted by Gasteiger charge is -2.14. The third-order valence-electron chi connectivity index (χ3n) is 4.84. The topological polar surface area (TPSA) is 132 Å². The normalized spacial score (nSPS) is 11.0. The van der Waals surface area contributed by atoms with Gasteiger partial charge in [0, 0.05) is 30.2 Å². The number of anilines is 1. The third-order valence-corrected chi connectivity index (χ3v) is 5.11. The van der Waals surface area contributed by atoms with Gasteiger partial charge in [-0.3, -0.25) is 9.48 Å². The van der Waals surface area contributed by atoms with Crippen molar-refractivity contribution in [2.24, 2.45) is 12.8 Å². The van der Waals surface area contributed by atoms with Crippen LogP contribution in [0.15, 0.2) is 60.8 Å². The number of carboxylic acid groups (broad SMARTS) is 1. The van der Waals surface area contributed by atoms with Crippen LogP contribution in [0.25, 0.3) is 22.2 Å². The minimum atomic E-state index is -5.08. The Bertz CT molecular complexity index is 1410. The van der Waals surface area contributed by atoms with Crippen molar-refractivity contribution >= 4 is 40.1 Å². The van der Waals surface area contributed by atoms with E-state index < -0.39 is 12.1 Å². The smallest absolute Gasteiger partial charge is 0.490 e. The summed E-state index contributed by atoms with van der Waals surface area (Å²) in [6, 6.07) is 16.6. The summed E-state index contributed by atoms with van der Waals surface area (Å²) in [6.45, 7) is 0.736. The molecule has 2 heterocycles. The van der Waals surface area contributed by atoms with Crippen LogP contribution in [0, 0.1) is 0 Å². The Balaban J connectivity index is 0.000000479. The number of amides is 1. The zero-order valence-electron chi connectivity index (χ0n) is 19.3. The van der Waals surface area contributed by atoms with Gasteiger partial charge in [-0.05, 0) is 30.3 Å². The lowest BCUT2D eigenvalue weighted by atomic mass is 10.1. The van der Waals surface area contributed by atoms with E-state index in [2.05, 4.69) is 15.4 Å². The number of hydrogen-bond acceptors (Lipinski definition) is 6. The number of carbonyl (C=O) groups excluding carboxylic acids is 1. The largest absolute Gasteiger partial charge is 0.492 e. The van der Waals surface area contributed by atoms with E-state index in [-0.39, 0.29) is 5.91 Å². The standard InChI is InChI=1S/C22H20ClN5O2.C2HF3O2/c1-28-21(17(23)13-25-28)16-12-15(7-9-20(16)30-11-10-24)26-22(29)19-8-6-14-4-2-3-5-18(14)27-19;3-2(4,5)1(6)7/h2-9,12-13H,10-11,24H2,1H3,(H,26,29);(H,6,7).